The summed E-state index contributed by atoms with van der Waals surface area (Å²) in [5.41, 5.74) is 2.76. The predicted molar refractivity (Wildman–Crippen MR) is 103 cm³/mol. The topological polar surface area (TPSA) is 71.8 Å². The third-order valence-corrected chi connectivity index (χ3v) is 5.22. The van der Waals surface area contributed by atoms with E-state index < -0.39 is 0 Å². The van der Waals surface area contributed by atoms with Crippen molar-refractivity contribution in [2.24, 2.45) is 7.05 Å². The van der Waals surface area contributed by atoms with E-state index in [2.05, 4.69) is 27.3 Å². The van der Waals surface area contributed by atoms with Crippen molar-refractivity contribution in [3.8, 4) is 11.4 Å². The fraction of sp³-hybridized carbons (Fsp3) is 0.474. The molecule has 0 amide bonds. The number of aromatic nitrogens is 5. The molecule has 7 heteroatoms. The Morgan fingerprint density at radius 2 is 1.96 bits per heavy atom. The molecule has 4 heterocycles. The Labute approximate surface area is 153 Å². The number of likely N-dealkylation sites (N-methyl/N-ethyl adjacent to an activating group) is 1. The average molecular weight is 351 g/mol. The van der Waals surface area contributed by atoms with Crippen LogP contribution in [0.1, 0.15) is 25.0 Å². The number of anilines is 1. The van der Waals surface area contributed by atoms with E-state index in [1.165, 1.54) is 25.8 Å². The van der Waals surface area contributed by atoms with Gasteiger partial charge in [-0.15, -0.1) is 0 Å². The minimum absolute atomic E-state index is 0.537. The van der Waals surface area contributed by atoms with Crippen molar-refractivity contribution >= 4 is 16.9 Å². The minimum Gasteiger partial charge on any atom is -0.368 e. The number of fused-ring (bicyclic) bond motifs is 1. The summed E-state index contributed by atoms with van der Waals surface area (Å²) in [6, 6.07) is 4.40. The minimum atomic E-state index is 0.537. The van der Waals surface area contributed by atoms with Crippen molar-refractivity contribution in [1.29, 1.82) is 0 Å². The second kappa shape index (κ2) is 6.99. The van der Waals surface area contributed by atoms with Gasteiger partial charge in [0.25, 0.3) is 0 Å². The number of hydrogen-bond donors (Lipinski definition) is 1. The van der Waals surface area contributed by atoms with Crippen LogP contribution in [0.15, 0.2) is 24.5 Å². The summed E-state index contributed by atoms with van der Waals surface area (Å²) < 4.78 is 1.83. The largest absolute Gasteiger partial charge is 0.368 e. The molecule has 7 nitrogen and oxygen atoms in total. The first-order valence-corrected chi connectivity index (χ1v) is 9.19. The number of nitrogens with zero attached hydrogens (tertiary/aromatic N) is 6. The first-order valence-electron chi connectivity index (χ1n) is 9.19. The number of hydrogen-bond acceptors (Lipinski definition) is 6. The number of pyridine rings is 1. The lowest BCUT2D eigenvalue weighted by atomic mass is 10.0. The van der Waals surface area contributed by atoms with Crippen LogP contribution in [-0.2, 0) is 7.05 Å². The highest BCUT2D eigenvalue weighted by Crippen LogP contribution is 2.27. The maximum atomic E-state index is 4.83. The van der Waals surface area contributed by atoms with Gasteiger partial charge in [-0.05, 0) is 45.5 Å². The molecule has 0 bridgehead atoms. The summed E-state index contributed by atoms with van der Waals surface area (Å²) in [7, 11) is 4.14. The monoisotopic (exact) mass is 351 g/mol. The number of nitrogens with one attached hydrogen (secondary N) is 1. The van der Waals surface area contributed by atoms with Crippen molar-refractivity contribution in [3.63, 3.8) is 0 Å². The van der Waals surface area contributed by atoms with Crippen LogP contribution in [0, 0.1) is 6.92 Å². The maximum absolute atomic E-state index is 4.83. The standard InChI is InChI=1S/C19H25N7/c1-13-16-18(21-12-15-6-4-5-11-25(15)2)22-17(14-7-9-20-10-8-14)23-19(16)26(3)24-13/h7-10,15H,4-6,11-12H2,1-3H3,(H,21,22,23)/t15-/m0/s1. The number of piperidine rings is 1. The van der Waals surface area contributed by atoms with Gasteiger partial charge in [0.1, 0.15) is 5.82 Å². The lowest BCUT2D eigenvalue weighted by molar-refractivity contribution is 0.194. The molecule has 0 unspecified atom stereocenters. The molecule has 0 aliphatic carbocycles. The highest BCUT2D eigenvalue weighted by atomic mass is 15.3. The van der Waals surface area contributed by atoms with Crippen LogP contribution >= 0.6 is 0 Å². The Morgan fingerprint density at radius 1 is 1.15 bits per heavy atom. The molecule has 0 aromatic carbocycles. The molecule has 0 radical (unpaired) electrons. The number of likely N-dealkylation sites (tertiary alicyclic amines) is 1. The van der Waals surface area contributed by atoms with Crippen LogP contribution in [-0.4, -0.2) is 55.8 Å². The zero-order valence-corrected chi connectivity index (χ0v) is 15.6. The number of aryl methyl sites for hydroxylation is 2. The van der Waals surface area contributed by atoms with Gasteiger partial charge >= 0.3 is 0 Å². The SMILES string of the molecule is Cc1nn(C)c2nc(-c3ccncc3)nc(NC[C@@H]3CCCCN3C)c12. The molecule has 0 spiro atoms. The fourth-order valence-electron chi connectivity index (χ4n) is 3.71. The molecule has 0 saturated carbocycles. The van der Waals surface area contributed by atoms with Crippen LogP contribution in [0.3, 0.4) is 0 Å². The molecule has 4 rings (SSSR count). The Kier molecular flexibility index (Phi) is 4.55. The van der Waals surface area contributed by atoms with Gasteiger partial charge in [0.2, 0.25) is 0 Å². The van der Waals surface area contributed by atoms with Crippen LogP contribution in [0.5, 0.6) is 0 Å². The summed E-state index contributed by atoms with van der Waals surface area (Å²) in [5, 5.41) is 9.14. The van der Waals surface area contributed by atoms with Crippen LogP contribution < -0.4 is 5.32 Å². The molecule has 136 valence electrons. The van der Waals surface area contributed by atoms with Gasteiger partial charge in [0.05, 0.1) is 11.1 Å². The highest BCUT2D eigenvalue weighted by molar-refractivity contribution is 5.90. The van der Waals surface area contributed by atoms with Gasteiger partial charge in [-0.1, -0.05) is 6.42 Å². The van der Waals surface area contributed by atoms with Crippen LogP contribution in [0.4, 0.5) is 5.82 Å². The summed E-state index contributed by atoms with van der Waals surface area (Å²) in [6.07, 6.45) is 7.34. The molecule has 1 atom stereocenters. The molecule has 1 N–H and O–H groups in total. The van der Waals surface area contributed by atoms with Crippen molar-refractivity contribution in [2.75, 3.05) is 25.5 Å². The Balaban J connectivity index is 1.72. The van der Waals surface area contributed by atoms with E-state index in [-0.39, 0.29) is 0 Å². The summed E-state index contributed by atoms with van der Waals surface area (Å²) in [5.74, 6) is 1.56. The second-order valence-electron chi connectivity index (χ2n) is 7.05. The molecule has 1 aliphatic heterocycles. The van der Waals surface area contributed by atoms with Crippen LogP contribution in [0.25, 0.3) is 22.4 Å². The lowest BCUT2D eigenvalue weighted by Gasteiger charge is -2.32. The van der Waals surface area contributed by atoms with E-state index in [0.29, 0.717) is 11.9 Å². The van der Waals surface area contributed by atoms with Crippen molar-refractivity contribution in [1.82, 2.24) is 29.6 Å². The first-order chi connectivity index (χ1) is 12.6. The van der Waals surface area contributed by atoms with Gasteiger partial charge in [-0.2, -0.15) is 5.10 Å². The quantitative estimate of drug-likeness (QED) is 0.779. The Morgan fingerprint density at radius 3 is 2.73 bits per heavy atom. The van der Waals surface area contributed by atoms with E-state index in [1.54, 1.807) is 12.4 Å². The summed E-state index contributed by atoms with van der Waals surface area (Å²) in [6.45, 7) is 4.06. The van der Waals surface area contributed by atoms with E-state index in [4.69, 9.17) is 9.97 Å². The van der Waals surface area contributed by atoms with Crippen molar-refractivity contribution in [3.05, 3.63) is 30.2 Å². The Bertz CT molecular complexity index is 903. The predicted octanol–water partition coefficient (Wildman–Crippen LogP) is 2.63. The Hall–Kier alpha value is -2.54. The van der Waals surface area contributed by atoms with E-state index in [1.807, 2.05) is 30.8 Å². The summed E-state index contributed by atoms with van der Waals surface area (Å²) in [4.78, 5) is 16.1. The second-order valence-corrected chi connectivity index (χ2v) is 7.05. The maximum Gasteiger partial charge on any atom is 0.164 e. The molecule has 1 aliphatic rings. The van der Waals surface area contributed by atoms with Gasteiger partial charge in [-0.25, -0.2) is 9.97 Å². The smallest absolute Gasteiger partial charge is 0.164 e. The molecule has 26 heavy (non-hydrogen) atoms. The van der Waals surface area contributed by atoms with Gasteiger partial charge in [0, 0.05) is 37.6 Å². The lowest BCUT2D eigenvalue weighted by Crippen LogP contribution is -2.40. The first kappa shape index (κ1) is 16.9. The van der Waals surface area contributed by atoms with E-state index in [0.717, 1.165) is 34.7 Å². The van der Waals surface area contributed by atoms with E-state index >= 15 is 0 Å². The third-order valence-electron chi connectivity index (χ3n) is 5.22. The van der Waals surface area contributed by atoms with Crippen molar-refractivity contribution in [2.45, 2.75) is 32.2 Å². The normalized spacial score (nSPS) is 18.3. The molecule has 3 aromatic rings. The molecule has 1 fully saturated rings. The van der Waals surface area contributed by atoms with Gasteiger partial charge in [0.15, 0.2) is 11.5 Å². The molecule has 3 aromatic heterocycles. The van der Waals surface area contributed by atoms with Crippen LogP contribution in [0.2, 0.25) is 0 Å². The molecular formula is C19H25N7. The summed E-state index contributed by atoms with van der Waals surface area (Å²) >= 11 is 0. The third kappa shape index (κ3) is 3.14. The fourth-order valence-corrected chi connectivity index (χ4v) is 3.71. The molecular weight excluding hydrogens is 326 g/mol. The zero-order valence-electron chi connectivity index (χ0n) is 15.6. The zero-order chi connectivity index (χ0) is 18.1. The van der Waals surface area contributed by atoms with E-state index in [9.17, 15) is 0 Å². The highest BCUT2D eigenvalue weighted by Gasteiger charge is 2.21. The molecule has 1 saturated heterocycles. The average Bonchev–Trinajstić information content (AvgIpc) is 2.95. The van der Waals surface area contributed by atoms with Crippen molar-refractivity contribution < 1.29 is 0 Å². The number of rotatable bonds is 4. The van der Waals surface area contributed by atoms with Gasteiger partial charge < -0.3 is 10.2 Å². The van der Waals surface area contributed by atoms with Gasteiger partial charge in [-0.3, -0.25) is 9.67 Å².